The second-order valence-electron chi connectivity index (χ2n) is 10.2. The summed E-state index contributed by atoms with van der Waals surface area (Å²) < 4.78 is 1.65. The number of aryl methyl sites for hydroxylation is 2. The van der Waals surface area contributed by atoms with E-state index in [0.29, 0.717) is 42.4 Å². The van der Waals surface area contributed by atoms with E-state index in [1.165, 1.54) is 0 Å². The highest BCUT2D eigenvalue weighted by molar-refractivity contribution is 6.05. The van der Waals surface area contributed by atoms with Crippen LogP contribution in [0.5, 0.6) is 0 Å². The first-order valence-corrected chi connectivity index (χ1v) is 13.6. The fourth-order valence-corrected chi connectivity index (χ4v) is 5.15. The lowest BCUT2D eigenvalue weighted by Crippen LogP contribution is -2.37. The molecule has 3 heterocycles. The molecule has 6 rings (SSSR count). The molecular formula is C33H30N6O2. The molecule has 2 aromatic heterocycles. The number of hydrogen-bond donors (Lipinski definition) is 2. The SMILES string of the molecule is Cc1ccccc1C(=O)Nc1ccc(-n2ccc(C)c(N3CCc4nc(Nc5ccccc5)ncc4C3)c2=O)cc1. The summed E-state index contributed by atoms with van der Waals surface area (Å²) in [7, 11) is 0. The summed E-state index contributed by atoms with van der Waals surface area (Å²) in [5, 5.41) is 6.19. The van der Waals surface area contributed by atoms with Gasteiger partial charge in [0.25, 0.3) is 11.5 Å². The number of aromatic nitrogens is 3. The summed E-state index contributed by atoms with van der Waals surface area (Å²) in [6, 6.07) is 26.6. The predicted molar refractivity (Wildman–Crippen MR) is 162 cm³/mol. The Morgan fingerprint density at radius 1 is 0.854 bits per heavy atom. The number of carbonyl (C=O) groups is 1. The topological polar surface area (TPSA) is 92.2 Å². The number of amides is 1. The fourth-order valence-electron chi connectivity index (χ4n) is 5.15. The van der Waals surface area contributed by atoms with Crippen molar-refractivity contribution in [2.75, 3.05) is 22.1 Å². The minimum Gasteiger partial charge on any atom is -0.362 e. The molecule has 3 aromatic carbocycles. The van der Waals surface area contributed by atoms with Gasteiger partial charge in [-0.2, -0.15) is 0 Å². The number of rotatable bonds is 6. The van der Waals surface area contributed by atoms with E-state index < -0.39 is 0 Å². The molecule has 1 aliphatic heterocycles. The van der Waals surface area contributed by atoms with Crippen LogP contribution in [0.25, 0.3) is 5.69 Å². The van der Waals surface area contributed by atoms with E-state index >= 15 is 0 Å². The molecule has 0 radical (unpaired) electrons. The first-order chi connectivity index (χ1) is 20.0. The van der Waals surface area contributed by atoms with Gasteiger partial charge in [-0.15, -0.1) is 0 Å². The Bertz CT molecular complexity index is 1780. The van der Waals surface area contributed by atoms with Crippen molar-refractivity contribution in [3.05, 3.63) is 136 Å². The molecule has 0 saturated heterocycles. The van der Waals surface area contributed by atoms with Crippen LogP contribution in [0.4, 0.5) is 23.0 Å². The Morgan fingerprint density at radius 3 is 2.39 bits per heavy atom. The Labute approximate surface area is 238 Å². The molecular weight excluding hydrogens is 512 g/mol. The molecule has 8 heteroatoms. The van der Waals surface area contributed by atoms with Crippen molar-refractivity contribution in [2.45, 2.75) is 26.8 Å². The number of pyridine rings is 1. The number of nitrogens with one attached hydrogen (secondary N) is 2. The second-order valence-corrected chi connectivity index (χ2v) is 10.2. The molecule has 41 heavy (non-hydrogen) atoms. The Hall–Kier alpha value is -5.24. The summed E-state index contributed by atoms with van der Waals surface area (Å²) in [4.78, 5) is 37.8. The lowest BCUT2D eigenvalue weighted by Gasteiger charge is -2.31. The molecule has 0 spiro atoms. The Morgan fingerprint density at radius 2 is 1.61 bits per heavy atom. The summed E-state index contributed by atoms with van der Waals surface area (Å²) in [5.41, 5.74) is 7.37. The van der Waals surface area contributed by atoms with Gasteiger partial charge >= 0.3 is 0 Å². The highest BCUT2D eigenvalue weighted by atomic mass is 16.1. The van der Waals surface area contributed by atoms with E-state index in [2.05, 4.69) is 20.5 Å². The second kappa shape index (κ2) is 11.1. The van der Waals surface area contributed by atoms with Gasteiger partial charge in [0.2, 0.25) is 5.95 Å². The molecule has 0 aliphatic carbocycles. The lowest BCUT2D eigenvalue weighted by atomic mass is 10.1. The van der Waals surface area contributed by atoms with Gasteiger partial charge < -0.3 is 15.5 Å². The standard InChI is InChI=1S/C33H30N6O2/c1-22-8-6-7-11-28(22)31(40)35-26-12-14-27(15-13-26)39-19-16-23(2)30(32(39)41)38-18-17-29-24(21-38)20-34-33(37-29)36-25-9-4-3-5-10-25/h3-16,19-20H,17-18,21H2,1-2H3,(H,35,40)(H,34,36,37). The van der Waals surface area contributed by atoms with Crippen molar-refractivity contribution in [1.82, 2.24) is 14.5 Å². The number of anilines is 4. The quantitative estimate of drug-likeness (QED) is 0.282. The summed E-state index contributed by atoms with van der Waals surface area (Å²) in [5.74, 6) is 0.406. The van der Waals surface area contributed by atoms with Gasteiger partial charge in [-0.3, -0.25) is 14.2 Å². The maximum Gasteiger partial charge on any atom is 0.278 e. The highest BCUT2D eigenvalue weighted by Gasteiger charge is 2.23. The maximum atomic E-state index is 13.8. The van der Waals surface area contributed by atoms with E-state index in [1.54, 1.807) is 16.8 Å². The van der Waals surface area contributed by atoms with Crippen LogP contribution in [0.15, 0.2) is 102 Å². The van der Waals surface area contributed by atoms with Crippen molar-refractivity contribution < 1.29 is 4.79 Å². The van der Waals surface area contributed by atoms with Gasteiger partial charge in [-0.05, 0) is 73.5 Å². The monoisotopic (exact) mass is 542 g/mol. The largest absolute Gasteiger partial charge is 0.362 e. The lowest BCUT2D eigenvalue weighted by molar-refractivity contribution is 0.102. The third kappa shape index (κ3) is 5.45. The van der Waals surface area contributed by atoms with Crippen LogP contribution in [0.2, 0.25) is 0 Å². The molecule has 5 aromatic rings. The fraction of sp³-hybridized carbons (Fsp3) is 0.152. The molecule has 0 unspecified atom stereocenters. The number of para-hydroxylation sites is 1. The van der Waals surface area contributed by atoms with Crippen LogP contribution in [-0.4, -0.2) is 27.0 Å². The van der Waals surface area contributed by atoms with Crippen molar-refractivity contribution in [3.8, 4) is 5.69 Å². The molecule has 0 bridgehead atoms. The van der Waals surface area contributed by atoms with Crippen molar-refractivity contribution in [1.29, 1.82) is 0 Å². The van der Waals surface area contributed by atoms with Gasteiger partial charge in [-0.25, -0.2) is 9.97 Å². The minimum atomic E-state index is -0.164. The summed E-state index contributed by atoms with van der Waals surface area (Å²) in [6.07, 6.45) is 4.36. The molecule has 0 atom stereocenters. The molecule has 1 amide bonds. The first kappa shape index (κ1) is 26.0. The smallest absolute Gasteiger partial charge is 0.278 e. The maximum absolute atomic E-state index is 13.8. The molecule has 204 valence electrons. The van der Waals surface area contributed by atoms with Crippen LogP contribution in [-0.2, 0) is 13.0 Å². The molecule has 2 N–H and O–H groups in total. The van der Waals surface area contributed by atoms with Crippen LogP contribution in [0.1, 0.15) is 32.7 Å². The van der Waals surface area contributed by atoms with Crippen molar-refractivity contribution in [3.63, 3.8) is 0 Å². The highest BCUT2D eigenvalue weighted by Crippen LogP contribution is 2.25. The number of fused-ring (bicyclic) bond motifs is 1. The van der Waals surface area contributed by atoms with Gasteiger partial charge in [0.1, 0.15) is 5.69 Å². The van der Waals surface area contributed by atoms with E-state index in [4.69, 9.17) is 4.98 Å². The van der Waals surface area contributed by atoms with E-state index in [1.807, 2.05) is 98.9 Å². The van der Waals surface area contributed by atoms with Gasteiger partial charge in [-0.1, -0.05) is 36.4 Å². The molecule has 1 aliphatic rings. The minimum absolute atomic E-state index is 0.0894. The number of carbonyl (C=O) groups excluding carboxylic acids is 1. The summed E-state index contributed by atoms with van der Waals surface area (Å²) in [6.45, 7) is 5.11. The third-order valence-corrected chi connectivity index (χ3v) is 7.34. The average molecular weight is 543 g/mol. The van der Waals surface area contributed by atoms with Crippen LogP contribution < -0.4 is 21.1 Å². The van der Waals surface area contributed by atoms with Gasteiger partial charge in [0.05, 0.1) is 5.69 Å². The van der Waals surface area contributed by atoms with Crippen LogP contribution in [0.3, 0.4) is 0 Å². The van der Waals surface area contributed by atoms with Gasteiger partial charge in [0.15, 0.2) is 0 Å². The average Bonchev–Trinajstić information content (AvgIpc) is 2.98. The first-order valence-electron chi connectivity index (χ1n) is 13.6. The Kier molecular flexibility index (Phi) is 7.04. The number of hydrogen-bond acceptors (Lipinski definition) is 6. The zero-order valence-electron chi connectivity index (χ0n) is 23.0. The van der Waals surface area contributed by atoms with Crippen LogP contribution >= 0.6 is 0 Å². The number of nitrogens with zero attached hydrogens (tertiary/aromatic N) is 4. The van der Waals surface area contributed by atoms with E-state index in [9.17, 15) is 9.59 Å². The molecule has 0 saturated carbocycles. The normalized spacial score (nSPS) is 12.5. The molecule has 0 fully saturated rings. The number of benzene rings is 3. The summed E-state index contributed by atoms with van der Waals surface area (Å²) >= 11 is 0. The van der Waals surface area contributed by atoms with Crippen molar-refractivity contribution in [2.24, 2.45) is 0 Å². The zero-order valence-corrected chi connectivity index (χ0v) is 23.0. The Balaban J connectivity index is 1.20. The van der Waals surface area contributed by atoms with E-state index in [0.717, 1.165) is 33.8 Å². The van der Waals surface area contributed by atoms with E-state index in [-0.39, 0.29) is 11.5 Å². The van der Waals surface area contributed by atoms with Crippen LogP contribution in [0, 0.1) is 13.8 Å². The zero-order chi connectivity index (χ0) is 28.3. The predicted octanol–water partition coefficient (Wildman–Crippen LogP) is 5.80. The van der Waals surface area contributed by atoms with Gasteiger partial charge in [0, 0.05) is 60.1 Å². The van der Waals surface area contributed by atoms with Crippen molar-refractivity contribution >= 4 is 28.9 Å². The molecule has 8 nitrogen and oxygen atoms in total. The third-order valence-electron chi connectivity index (χ3n) is 7.34.